The zero-order chi connectivity index (χ0) is 23.2. The number of nitrogens with zero attached hydrogens (tertiary/aromatic N) is 3. The monoisotopic (exact) mass is 447 g/mol. The molecule has 0 N–H and O–H groups in total. The van der Waals surface area contributed by atoms with Crippen molar-refractivity contribution >= 4 is 6.08 Å². The van der Waals surface area contributed by atoms with Gasteiger partial charge in [0.05, 0.1) is 14.2 Å². The molecule has 2 aromatic carbocycles. The number of methoxy groups -OCH3 is 2. The number of benzene rings is 2. The maximum atomic E-state index is 5.46. The van der Waals surface area contributed by atoms with Gasteiger partial charge in [-0.1, -0.05) is 41.6 Å². The number of allylic oxidation sites excluding steroid dienone is 1. The Bertz CT molecular complexity index is 1050. The first kappa shape index (κ1) is 23.1. The molecule has 0 aliphatic heterocycles. The quantitative estimate of drug-likeness (QED) is 0.430. The first-order valence-electron chi connectivity index (χ1n) is 11.5. The molecule has 4 rings (SSSR count). The highest BCUT2D eigenvalue weighted by Gasteiger charge is 2.29. The fourth-order valence-electron chi connectivity index (χ4n) is 4.91. The van der Waals surface area contributed by atoms with Gasteiger partial charge in [-0.2, -0.15) is 4.98 Å². The molecule has 3 aromatic rings. The lowest BCUT2D eigenvalue weighted by Gasteiger charge is -2.37. The Labute approximate surface area is 196 Å². The summed E-state index contributed by atoms with van der Waals surface area (Å²) in [5.74, 6) is 3.58. The van der Waals surface area contributed by atoms with Gasteiger partial charge >= 0.3 is 0 Å². The van der Waals surface area contributed by atoms with E-state index in [2.05, 4.69) is 65.5 Å². The summed E-state index contributed by atoms with van der Waals surface area (Å²) in [6.07, 6.45) is 8.98. The number of ether oxygens (including phenoxy) is 2. The van der Waals surface area contributed by atoms with Gasteiger partial charge in [-0.15, -0.1) is 0 Å². The van der Waals surface area contributed by atoms with Gasteiger partial charge in [0, 0.05) is 11.6 Å². The van der Waals surface area contributed by atoms with Gasteiger partial charge in [0.25, 0.3) is 5.89 Å². The fraction of sp³-hybridized carbons (Fsp3) is 0.407. The van der Waals surface area contributed by atoms with Crippen LogP contribution in [-0.4, -0.2) is 43.4 Å². The molecule has 0 bridgehead atoms. The maximum Gasteiger partial charge on any atom is 0.250 e. The lowest BCUT2D eigenvalue weighted by atomic mass is 9.76. The first-order valence-corrected chi connectivity index (χ1v) is 11.5. The molecule has 0 amide bonds. The van der Waals surface area contributed by atoms with Crippen LogP contribution in [0.5, 0.6) is 11.5 Å². The molecule has 174 valence electrons. The highest BCUT2D eigenvalue weighted by atomic mass is 16.5. The molecule has 33 heavy (non-hydrogen) atoms. The van der Waals surface area contributed by atoms with E-state index in [0.717, 1.165) is 5.56 Å². The zero-order valence-electron chi connectivity index (χ0n) is 19.9. The summed E-state index contributed by atoms with van der Waals surface area (Å²) in [5.41, 5.74) is 2.24. The van der Waals surface area contributed by atoms with Crippen LogP contribution >= 0.6 is 0 Å². The minimum atomic E-state index is 0.469. The second kappa shape index (κ2) is 10.7. The van der Waals surface area contributed by atoms with E-state index < -0.39 is 0 Å². The smallest absolute Gasteiger partial charge is 0.250 e. The molecule has 1 saturated carbocycles. The van der Waals surface area contributed by atoms with Crippen LogP contribution in [-0.2, 0) is 0 Å². The molecule has 1 fully saturated rings. The topological polar surface area (TPSA) is 60.6 Å². The molecule has 6 nitrogen and oxygen atoms in total. The third-order valence-corrected chi connectivity index (χ3v) is 6.55. The van der Waals surface area contributed by atoms with Gasteiger partial charge in [-0.05, 0) is 81.5 Å². The predicted molar refractivity (Wildman–Crippen MR) is 130 cm³/mol. The van der Waals surface area contributed by atoms with E-state index >= 15 is 0 Å². The molecule has 1 heterocycles. The van der Waals surface area contributed by atoms with Gasteiger partial charge in [0.15, 0.2) is 11.5 Å². The predicted octanol–water partition coefficient (Wildman–Crippen LogP) is 5.88. The third kappa shape index (κ3) is 5.45. The molecule has 0 radical (unpaired) electrons. The molecule has 1 aliphatic rings. The van der Waals surface area contributed by atoms with E-state index in [1.165, 1.54) is 31.2 Å². The van der Waals surface area contributed by atoms with Gasteiger partial charge in [-0.25, -0.2) is 0 Å². The molecule has 1 atom stereocenters. The van der Waals surface area contributed by atoms with E-state index in [9.17, 15) is 0 Å². The second-order valence-corrected chi connectivity index (χ2v) is 8.88. The van der Waals surface area contributed by atoms with Crippen LogP contribution < -0.4 is 9.47 Å². The minimum Gasteiger partial charge on any atom is -0.493 e. The summed E-state index contributed by atoms with van der Waals surface area (Å²) in [4.78, 5) is 6.90. The van der Waals surface area contributed by atoms with E-state index in [1.54, 1.807) is 14.2 Å². The lowest BCUT2D eigenvalue weighted by molar-refractivity contribution is 0.159. The standard InChI is InChI=1S/C27H33N3O3/c1-30(2)26(20-8-6-5-7-9-20)21-13-10-19(11-14-21)12-17-25-28-27(29-33-25)22-15-16-23(31-3)24(18-22)32-4/h5-9,12,15-19,21,26H,10-11,13-14H2,1-4H3/b17-12+. The SMILES string of the molecule is COc1ccc(-c2noc(/C=C/C3CCC(C(c4ccccc4)N(C)C)CC3)n2)cc1OC. The minimum absolute atomic E-state index is 0.469. The molecule has 1 aliphatic carbocycles. The fourth-order valence-corrected chi connectivity index (χ4v) is 4.91. The van der Waals surface area contributed by atoms with Crippen LogP contribution in [0.1, 0.15) is 43.2 Å². The van der Waals surface area contributed by atoms with Crippen LogP contribution in [0.4, 0.5) is 0 Å². The van der Waals surface area contributed by atoms with E-state index in [-0.39, 0.29) is 0 Å². The number of rotatable bonds is 8. The highest BCUT2D eigenvalue weighted by Crippen LogP contribution is 2.40. The highest BCUT2D eigenvalue weighted by molar-refractivity contribution is 5.61. The van der Waals surface area contributed by atoms with Crippen molar-refractivity contribution < 1.29 is 14.0 Å². The maximum absolute atomic E-state index is 5.46. The lowest BCUT2D eigenvalue weighted by Crippen LogP contribution is -2.30. The van der Waals surface area contributed by atoms with Crippen LogP contribution in [0.25, 0.3) is 17.5 Å². The van der Waals surface area contributed by atoms with Crippen LogP contribution in [0.2, 0.25) is 0 Å². The van der Waals surface area contributed by atoms with E-state index in [4.69, 9.17) is 14.0 Å². The number of hydrogen-bond donors (Lipinski definition) is 0. The third-order valence-electron chi connectivity index (χ3n) is 6.55. The van der Waals surface area contributed by atoms with Gasteiger partial charge in [0.1, 0.15) is 0 Å². The molecule has 0 saturated heterocycles. The van der Waals surface area contributed by atoms with Gasteiger partial charge in [-0.3, -0.25) is 0 Å². The largest absolute Gasteiger partial charge is 0.493 e. The Kier molecular flexibility index (Phi) is 7.45. The Balaban J connectivity index is 1.37. The summed E-state index contributed by atoms with van der Waals surface area (Å²) < 4.78 is 16.1. The number of hydrogen-bond acceptors (Lipinski definition) is 6. The molecule has 1 aromatic heterocycles. The van der Waals surface area contributed by atoms with Gasteiger partial charge < -0.3 is 18.9 Å². The Hall–Kier alpha value is -3.12. The van der Waals surface area contributed by atoms with Crippen LogP contribution in [0.15, 0.2) is 59.1 Å². The van der Waals surface area contributed by atoms with Crippen LogP contribution in [0, 0.1) is 11.8 Å². The summed E-state index contributed by atoms with van der Waals surface area (Å²) in [5, 5.41) is 4.13. The van der Waals surface area contributed by atoms with Crippen molar-refractivity contribution in [3.05, 3.63) is 66.1 Å². The molecular weight excluding hydrogens is 414 g/mol. The van der Waals surface area contributed by atoms with Crippen molar-refractivity contribution in [2.45, 2.75) is 31.7 Å². The summed E-state index contributed by atoms with van der Waals surface area (Å²) in [7, 11) is 7.61. The van der Waals surface area contributed by atoms with Crippen molar-refractivity contribution in [3.8, 4) is 22.9 Å². The van der Waals surface area contributed by atoms with Crippen molar-refractivity contribution in [1.82, 2.24) is 15.0 Å². The zero-order valence-corrected chi connectivity index (χ0v) is 19.9. The van der Waals surface area contributed by atoms with E-state index in [1.807, 2.05) is 24.3 Å². The van der Waals surface area contributed by atoms with E-state index in [0.29, 0.717) is 41.1 Å². The normalized spacial score (nSPS) is 19.7. The summed E-state index contributed by atoms with van der Waals surface area (Å²) in [6.45, 7) is 0. The average Bonchev–Trinajstić information content (AvgIpc) is 3.33. The van der Waals surface area contributed by atoms with Crippen molar-refractivity contribution in [2.24, 2.45) is 11.8 Å². The van der Waals surface area contributed by atoms with Crippen molar-refractivity contribution in [2.75, 3.05) is 28.3 Å². The van der Waals surface area contributed by atoms with Gasteiger partial charge in [0.2, 0.25) is 5.82 Å². The molecule has 6 heteroatoms. The summed E-state index contributed by atoms with van der Waals surface area (Å²) >= 11 is 0. The molecule has 0 spiro atoms. The first-order chi connectivity index (χ1) is 16.1. The van der Waals surface area contributed by atoms with Crippen molar-refractivity contribution in [1.29, 1.82) is 0 Å². The van der Waals surface area contributed by atoms with Crippen LogP contribution in [0.3, 0.4) is 0 Å². The molecular formula is C27H33N3O3. The Morgan fingerprint density at radius 1 is 0.970 bits per heavy atom. The van der Waals surface area contributed by atoms with Crippen molar-refractivity contribution in [3.63, 3.8) is 0 Å². The second-order valence-electron chi connectivity index (χ2n) is 8.88. The Morgan fingerprint density at radius 3 is 2.36 bits per heavy atom. The average molecular weight is 448 g/mol. The molecule has 1 unspecified atom stereocenters. The Morgan fingerprint density at radius 2 is 1.70 bits per heavy atom. The summed E-state index contributed by atoms with van der Waals surface area (Å²) in [6, 6.07) is 16.9. The number of aromatic nitrogens is 2.